The molecule has 0 saturated heterocycles. The lowest BCUT2D eigenvalue weighted by Gasteiger charge is -2.20. The number of isocyanates is 2. The summed E-state index contributed by atoms with van der Waals surface area (Å²) in [6, 6.07) is 8.64. The Bertz CT molecular complexity index is 894. The van der Waals surface area contributed by atoms with E-state index in [0.29, 0.717) is 0 Å². The molecular formula is C27H34N2O2. The molecule has 0 amide bonds. The van der Waals surface area contributed by atoms with E-state index in [1.807, 2.05) is 0 Å². The Morgan fingerprint density at radius 3 is 1.03 bits per heavy atom. The van der Waals surface area contributed by atoms with Gasteiger partial charge < -0.3 is 0 Å². The Hall–Kier alpha value is -2.80. The quantitative estimate of drug-likeness (QED) is 0.325. The minimum Gasteiger partial charge on any atom is -0.211 e. The molecule has 164 valence electrons. The number of rotatable bonds is 8. The van der Waals surface area contributed by atoms with Crippen LogP contribution in [0, 0.1) is 0 Å². The van der Waals surface area contributed by atoms with Gasteiger partial charge in [-0.25, -0.2) is 9.59 Å². The summed E-state index contributed by atoms with van der Waals surface area (Å²) >= 11 is 0. The molecule has 2 aromatic rings. The molecule has 0 spiro atoms. The molecule has 4 nitrogen and oxygen atoms in total. The lowest BCUT2D eigenvalue weighted by Crippen LogP contribution is -2.02. The molecule has 2 rings (SSSR count). The normalized spacial score (nSPS) is 11.2. The fraction of sp³-hybridized carbons (Fsp3) is 0.481. The molecule has 0 bridgehead atoms. The first-order valence-corrected chi connectivity index (χ1v) is 11.1. The number of hydrogen-bond donors (Lipinski definition) is 0. The SMILES string of the molecule is CC(C)c1cc(Cc2cc(C(C)C)c(N=C=O)c(C(C)C)c2)cc(C(C)C)c1N=C=O. The van der Waals surface area contributed by atoms with Gasteiger partial charge in [0.2, 0.25) is 12.2 Å². The predicted molar refractivity (Wildman–Crippen MR) is 128 cm³/mol. The first-order chi connectivity index (χ1) is 14.6. The third-order valence-electron chi connectivity index (χ3n) is 5.67. The highest BCUT2D eigenvalue weighted by Crippen LogP contribution is 2.39. The summed E-state index contributed by atoms with van der Waals surface area (Å²) in [7, 11) is 0. The van der Waals surface area contributed by atoms with Crippen LogP contribution in [0.25, 0.3) is 0 Å². The maximum absolute atomic E-state index is 11.1. The molecule has 0 atom stereocenters. The number of carbonyl (C=O) groups excluding carboxylic acids is 2. The molecule has 0 aliphatic rings. The van der Waals surface area contributed by atoms with Crippen LogP contribution in [0.4, 0.5) is 11.4 Å². The van der Waals surface area contributed by atoms with Crippen LogP contribution in [0.5, 0.6) is 0 Å². The second-order valence-electron chi connectivity index (χ2n) is 9.45. The lowest BCUT2D eigenvalue weighted by molar-refractivity contribution is 0.564. The van der Waals surface area contributed by atoms with Crippen molar-refractivity contribution in [1.82, 2.24) is 0 Å². The van der Waals surface area contributed by atoms with E-state index in [0.717, 1.165) is 40.0 Å². The maximum Gasteiger partial charge on any atom is 0.240 e. The van der Waals surface area contributed by atoms with E-state index in [-0.39, 0.29) is 23.7 Å². The van der Waals surface area contributed by atoms with Crippen LogP contribution in [0.2, 0.25) is 0 Å². The van der Waals surface area contributed by atoms with Crippen LogP contribution in [-0.2, 0) is 16.0 Å². The van der Waals surface area contributed by atoms with Gasteiger partial charge in [0, 0.05) is 0 Å². The number of aliphatic imine (C=N–C) groups is 2. The predicted octanol–water partition coefficient (Wildman–Crippen LogP) is 7.71. The Balaban J connectivity index is 2.70. The van der Waals surface area contributed by atoms with Crippen LogP contribution >= 0.6 is 0 Å². The third-order valence-corrected chi connectivity index (χ3v) is 5.67. The first-order valence-electron chi connectivity index (χ1n) is 11.1. The van der Waals surface area contributed by atoms with Gasteiger partial charge in [0.05, 0.1) is 11.4 Å². The van der Waals surface area contributed by atoms with Crippen LogP contribution in [0.15, 0.2) is 34.3 Å². The van der Waals surface area contributed by atoms with Crippen molar-refractivity contribution in [3.8, 4) is 0 Å². The zero-order chi connectivity index (χ0) is 23.3. The largest absolute Gasteiger partial charge is 0.240 e. The summed E-state index contributed by atoms with van der Waals surface area (Å²) in [6.45, 7) is 16.9. The topological polar surface area (TPSA) is 58.9 Å². The molecule has 0 saturated carbocycles. The van der Waals surface area contributed by atoms with Crippen molar-refractivity contribution in [3.05, 3.63) is 57.6 Å². The molecule has 0 unspecified atom stereocenters. The second-order valence-corrected chi connectivity index (χ2v) is 9.45. The molecule has 4 heteroatoms. The lowest BCUT2D eigenvalue weighted by atomic mass is 9.86. The van der Waals surface area contributed by atoms with Gasteiger partial charge in [-0.1, -0.05) is 79.7 Å². The Kier molecular flexibility index (Phi) is 8.28. The average molecular weight is 419 g/mol. The van der Waals surface area contributed by atoms with Crippen LogP contribution in [0.1, 0.15) is 112 Å². The molecule has 0 aliphatic carbocycles. The van der Waals surface area contributed by atoms with E-state index in [2.05, 4.69) is 89.6 Å². The summed E-state index contributed by atoms with van der Waals surface area (Å²) in [5, 5.41) is 0. The van der Waals surface area contributed by atoms with Crippen molar-refractivity contribution < 1.29 is 9.59 Å². The Morgan fingerprint density at radius 1 is 0.581 bits per heavy atom. The standard InChI is InChI=1S/C27H34N2O2/c1-16(2)22-10-20(11-23(17(3)4)26(22)28-14-30)9-21-12-24(18(5)6)27(29-15-31)25(13-21)19(7)8/h10-13,16-19H,9H2,1-8H3. The van der Waals surface area contributed by atoms with Gasteiger partial charge in [-0.05, 0) is 63.5 Å². The molecule has 0 heterocycles. The summed E-state index contributed by atoms with van der Waals surface area (Å²) < 4.78 is 0. The summed E-state index contributed by atoms with van der Waals surface area (Å²) in [4.78, 5) is 30.2. The van der Waals surface area contributed by atoms with E-state index in [9.17, 15) is 9.59 Å². The fourth-order valence-electron chi connectivity index (χ4n) is 4.04. The summed E-state index contributed by atoms with van der Waals surface area (Å²) in [6.07, 6.45) is 4.23. The highest BCUT2D eigenvalue weighted by molar-refractivity contribution is 5.64. The van der Waals surface area contributed by atoms with Crippen molar-refractivity contribution in [3.63, 3.8) is 0 Å². The fourth-order valence-corrected chi connectivity index (χ4v) is 4.04. The van der Waals surface area contributed by atoms with Gasteiger partial charge in [-0.2, -0.15) is 9.98 Å². The van der Waals surface area contributed by atoms with Gasteiger partial charge in [0.25, 0.3) is 0 Å². The first kappa shape index (κ1) is 24.5. The average Bonchev–Trinajstić information content (AvgIpc) is 2.69. The van der Waals surface area contributed by atoms with Gasteiger partial charge >= 0.3 is 0 Å². The minimum absolute atomic E-state index is 0.242. The third kappa shape index (κ3) is 5.67. The molecule has 0 aromatic heterocycles. The van der Waals surface area contributed by atoms with E-state index in [1.54, 1.807) is 12.2 Å². The van der Waals surface area contributed by atoms with Gasteiger partial charge in [-0.15, -0.1) is 0 Å². The van der Waals surface area contributed by atoms with Crippen molar-refractivity contribution in [2.75, 3.05) is 0 Å². The van der Waals surface area contributed by atoms with E-state index < -0.39 is 0 Å². The minimum atomic E-state index is 0.242. The molecule has 2 aromatic carbocycles. The van der Waals surface area contributed by atoms with Gasteiger partial charge in [0.1, 0.15) is 0 Å². The molecule has 0 aliphatic heterocycles. The van der Waals surface area contributed by atoms with E-state index >= 15 is 0 Å². The number of benzene rings is 2. The van der Waals surface area contributed by atoms with Crippen molar-refractivity contribution in [2.24, 2.45) is 9.98 Å². The smallest absolute Gasteiger partial charge is 0.211 e. The maximum atomic E-state index is 11.1. The van der Waals surface area contributed by atoms with Crippen LogP contribution < -0.4 is 0 Å². The van der Waals surface area contributed by atoms with E-state index in [4.69, 9.17) is 0 Å². The zero-order valence-electron chi connectivity index (χ0n) is 20.0. The summed E-state index contributed by atoms with van der Waals surface area (Å²) in [5.41, 5.74) is 8.16. The van der Waals surface area contributed by atoms with E-state index in [1.165, 1.54) is 11.1 Å². The second kappa shape index (κ2) is 10.5. The zero-order valence-corrected chi connectivity index (χ0v) is 20.0. The molecule has 0 fully saturated rings. The van der Waals surface area contributed by atoms with Crippen molar-refractivity contribution in [1.29, 1.82) is 0 Å². The number of hydrogen-bond acceptors (Lipinski definition) is 4. The van der Waals surface area contributed by atoms with Crippen molar-refractivity contribution in [2.45, 2.75) is 85.5 Å². The Labute approximate surface area is 186 Å². The molecule has 0 radical (unpaired) electrons. The Morgan fingerprint density at radius 2 is 0.839 bits per heavy atom. The van der Waals surface area contributed by atoms with Gasteiger partial charge in [-0.3, -0.25) is 0 Å². The van der Waals surface area contributed by atoms with Crippen molar-refractivity contribution >= 4 is 23.5 Å². The number of nitrogens with zero attached hydrogens (tertiary/aromatic N) is 2. The van der Waals surface area contributed by atoms with Crippen LogP contribution in [-0.4, -0.2) is 12.2 Å². The highest BCUT2D eigenvalue weighted by Gasteiger charge is 2.19. The molecule has 0 N–H and O–H groups in total. The van der Waals surface area contributed by atoms with Gasteiger partial charge in [0.15, 0.2) is 0 Å². The molecule has 31 heavy (non-hydrogen) atoms. The monoisotopic (exact) mass is 418 g/mol. The summed E-state index contributed by atoms with van der Waals surface area (Å²) in [5.74, 6) is 0.968. The highest BCUT2D eigenvalue weighted by atomic mass is 16.1. The van der Waals surface area contributed by atoms with Crippen LogP contribution in [0.3, 0.4) is 0 Å². The molecular weight excluding hydrogens is 384 g/mol.